The van der Waals surface area contributed by atoms with Gasteiger partial charge in [0.25, 0.3) is 5.91 Å². The number of anilines is 1. The predicted molar refractivity (Wildman–Crippen MR) is 64.3 cm³/mol. The fraction of sp³-hybridized carbons (Fsp3) is 0.333. The lowest BCUT2D eigenvalue weighted by atomic mass is 10.1. The minimum Gasteiger partial charge on any atom is -0.396 e. The van der Waals surface area contributed by atoms with Crippen molar-refractivity contribution in [1.29, 1.82) is 0 Å². The van der Waals surface area contributed by atoms with Crippen molar-refractivity contribution >= 4 is 17.5 Å². The maximum atomic E-state index is 13.7. The fourth-order valence-corrected chi connectivity index (χ4v) is 1.85. The van der Waals surface area contributed by atoms with Gasteiger partial charge in [0.1, 0.15) is 17.9 Å². The molecule has 2 N–H and O–H groups in total. The van der Waals surface area contributed by atoms with E-state index in [1.54, 1.807) is 7.05 Å². The first-order valence-electron chi connectivity index (χ1n) is 5.68. The lowest BCUT2D eigenvalue weighted by Crippen LogP contribution is -2.51. The molecule has 1 fully saturated rings. The SMILES string of the molecule is CN1CCN(C(=O)c2c(F)ccc(N)c2F)CC1=O. The second kappa shape index (κ2) is 4.83. The summed E-state index contributed by atoms with van der Waals surface area (Å²) in [5.74, 6) is -3.20. The second-order valence-electron chi connectivity index (χ2n) is 4.37. The first kappa shape index (κ1) is 13.3. The first-order chi connectivity index (χ1) is 8.91. The number of hydrogen-bond donors (Lipinski definition) is 1. The van der Waals surface area contributed by atoms with Crippen LogP contribution in [0.3, 0.4) is 0 Å². The third kappa shape index (κ3) is 2.35. The van der Waals surface area contributed by atoms with Gasteiger partial charge in [0, 0.05) is 20.1 Å². The maximum Gasteiger partial charge on any atom is 0.260 e. The quantitative estimate of drug-likeness (QED) is 0.753. The van der Waals surface area contributed by atoms with Crippen molar-refractivity contribution in [2.24, 2.45) is 0 Å². The van der Waals surface area contributed by atoms with Gasteiger partial charge in [0.15, 0.2) is 5.82 Å². The highest BCUT2D eigenvalue weighted by Crippen LogP contribution is 2.21. The van der Waals surface area contributed by atoms with Gasteiger partial charge in [0.2, 0.25) is 5.91 Å². The minimum atomic E-state index is -1.09. The zero-order valence-electron chi connectivity index (χ0n) is 10.3. The van der Waals surface area contributed by atoms with Crippen LogP contribution in [0.5, 0.6) is 0 Å². The Morgan fingerprint density at radius 2 is 2.00 bits per heavy atom. The summed E-state index contributed by atoms with van der Waals surface area (Å²) < 4.78 is 27.3. The molecule has 5 nitrogen and oxygen atoms in total. The molecule has 2 rings (SSSR count). The Hall–Kier alpha value is -2.18. The molecule has 0 unspecified atom stereocenters. The van der Waals surface area contributed by atoms with Crippen molar-refractivity contribution in [3.05, 3.63) is 29.3 Å². The van der Waals surface area contributed by atoms with E-state index in [0.717, 1.165) is 17.0 Å². The first-order valence-corrected chi connectivity index (χ1v) is 5.68. The summed E-state index contributed by atoms with van der Waals surface area (Å²) in [6.45, 7) is 0.369. The molecule has 1 aliphatic rings. The zero-order chi connectivity index (χ0) is 14.2. The fourth-order valence-electron chi connectivity index (χ4n) is 1.85. The Kier molecular flexibility index (Phi) is 3.37. The molecular weight excluding hydrogens is 256 g/mol. The number of nitrogens with two attached hydrogens (primary N) is 1. The molecule has 0 atom stereocenters. The van der Waals surface area contributed by atoms with Gasteiger partial charge in [0.05, 0.1) is 5.69 Å². The van der Waals surface area contributed by atoms with Gasteiger partial charge in [-0.3, -0.25) is 9.59 Å². The summed E-state index contributed by atoms with van der Waals surface area (Å²) in [4.78, 5) is 26.1. The molecule has 1 saturated heterocycles. The Labute approximate surface area is 108 Å². The third-order valence-corrected chi connectivity index (χ3v) is 3.08. The minimum absolute atomic E-state index is 0.191. The van der Waals surface area contributed by atoms with Crippen LogP contribution in [0.1, 0.15) is 10.4 Å². The molecule has 1 aromatic rings. The van der Waals surface area contributed by atoms with Crippen LogP contribution in [0.2, 0.25) is 0 Å². The monoisotopic (exact) mass is 269 g/mol. The van der Waals surface area contributed by atoms with Crippen LogP contribution in [0.4, 0.5) is 14.5 Å². The summed E-state index contributed by atoms with van der Waals surface area (Å²) >= 11 is 0. The smallest absolute Gasteiger partial charge is 0.260 e. The van der Waals surface area contributed by atoms with E-state index in [2.05, 4.69) is 0 Å². The third-order valence-electron chi connectivity index (χ3n) is 3.08. The molecule has 0 aromatic heterocycles. The van der Waals surface area contributed by atoms with Crippen LogP contribution in [-0.2, 0) is 4.79 Å². The topological polar surface area (TPSA) is 66.6 Å². The van der Waals surface area contributed by atoms with Gasteiger partial charge in [-0.05, 0) is 12.1 Å². The average molecular weight is 269 g/mol. The Morgan fingerprint density at radius 3 is 2.63 bits per heavy atom. The van der Waals surface area contributed by atoms with E-state index in [1.165, 1.54) is 4.90 Å². The van der Waals surface area contributed by atoms with Crippen LogP contribution in [0, 0.1) is 11.6 Å². The van der Waals surface area contributed by atoms with Crippen molar-refractivity contribution in [3.8, 4) is 0 Å². The highest BCUT2D eigenvalue weighted by molar-refractivity contribution is 5.98. The van der Waals surface area contributed by atoms with E-state index in [1.807, 2.05) is 0 Å². The van der Waals surface area contributed by atoms with E-state index in [4.69, 9.17) is 5.73 Å². The second-order valence-corrected chi connectivity index (χ2v) is 4.37. The summed E-state index contributed by atoms with van der Waals surface area (Å²) in [6, 6.07) is 1.99. The number of nitrogen functional groups attached to an aromatic ring is 1. The normalized spacial score (nSPS) is 15.8. The Bertz CT molecular complexity index is 548. The number of hydrogen-bond acceptors (Lipinski definition) is 3. The number of piperazine rings is 1. The largest absolute Gasteiger partial charge is 0.396 e. The van der Waals surface area contributed by atoms with E-state index in [0.29, 0.717) is 6.54 Å². The van der Waals surface area contributed by atoms with Crippen LogP contribution in [-0.4, -0.2) is 48.3 Å². The van der Waals surface area contributed by atoms with Crippen LogP contribution in [0.15, 0.2) is 12.1 Å². The summed E-state index contributed by atoms with van der Waals surface area (Å²) in [7, 11) is 1.60. The molecule has 0 bridgehead atoms. The van der Waals surface area contributed by atoms with Gasteiger partial charge < -0.3 is 15.5 Å². The van der Waals surface area contributed by atoms with Crippen molar-refractivity contribution in [1.82, 2.24) is 9.80 Å². The number of carbonyl (C=O) groups is 2. The van der Waals surface area contributed by atoms with Crippen LogP contribution >= 0.6 is 0 Å². The molecule has 0 aliphatic carbocycles. The summed E-state index contributed by atoms with van der Waals surface area (Å²) in [5, 5.41) is 0. The number of nitrogens with zero attached hydrogens (tertiary/aromatic N) is 2. The van der Waals surface area contributed by atoms with Crippen LogP contribution in [0.25, 0.3) is 0 Å². The van der Waals surface area contributed by atoms with Crippen molar-refractivity contribution in [2.45, 2.75) is 0 Å². The van der Waals surface area contributed by atoms with Crippen molar-refractivity contribution < 1.29 is 18.4 Å². The average Bonchev–Trinajstić information content (AvgIpc) is 2.37. The van der Waals surface area contributed by atoms with Gasteiger partial charge in [-0.1, -0.05) is 0 Å². The van der Waals surface area contributed by atoms with Crippen LogP contribution < -0.4 is 5.73 Å². The van der Waals surface area contributed by atoms with E-state index in [-0.39, 0.29) is 24.7 Å². The lowest BCUT2D eigenvalue weighted by molar-refractivity contribution is -0.133. The number of halogens is 2. The van der Waals surface area contributed by atoms with Gasteiger partial charge >= 0.3 is 0 Å². The number of rotatable bonds is 1. The standard InChI is InChI=1S/C12H13F2N3O2/c1-16-4-5-17(6-9(16)18)12(19)10-7(13)2-3-8(15)11(10)14/h2-3H,4-6,15H2,1H3. The highest BCUT2D eigenvalue weighted by atomic mass is 19.1. The number of amides is 2. The summed E-state index contributed by atoms with van der Waals surface area (Å²) in [6.07, 6.45) is 0. The lowest BCUT2D eigenvalue weighted by Gasteiger charge is -2.32. The molecule has 0 saturated carbocycles. The number of likely N-dealkylation sites (N-methyl/N-ethyl adjacent to an activating group) is 1. The van der Waals surface area contributed by atoms with E-state index < -0.39 is 23.1 Å². The Balaban J connectivity index is 2.30. The van der Waals surface area contributed by atoms with Crippen molar-refractivity contribution in [2.75, 3.05) is 32.4 Å². The molecule has 0 radical (unpaired) electrons. The summed E-state index contributed by atoms with van der Waals surface area (Å²) in [5.41, 5.74) is 4.31. The zero-order valence-corrected chi connectivity index (χ0v) is 10.3. The molecule has 7 heteroatoms. The molecule has 1 aromatic carbocycles. The number of benzene rings is 1. The van der Waals surface area contributed by atoms with E-state index >= 15 is 0 Å². The molecular formula is C12H13F2N3O2. The molecule has 0 spiro atoms. The Morgan fingerprint density at radius 1 is 1.32 bits per heavy atom. The highest BCUT2D eigenvalue weighted by Gasteiger charge is 2.29. The molecule has 1 heterocycles. The maximum absolute atomic E-state index is 13.7. The van der Waals surface area contributed by atoms with Gasteiger partial charge in [-0.25, -0.2) is 8.78 Å². The molecule has 102 valence electrons. The molecule has 1 aliphatic heterocycles. The van der Waals surface area contributed by atoms with Gasteiger partial charge in [-0.15, -0.1) is 0 Å². The molecule has 19 heavy (non-hydrogen) atoms. The van der Waals surface area contributed by atoms with Gasteiger partial charge in [-0.2, -0.15) is 0 Å². The van der Waals surface area contributed by atoms with E-state index in [9.17, 15) is 18.4 Å². The predicted octanol–water partition coefficient (Wildman–Crippen LogP) is 0.461. The van der Waals surface area contributed by atoms with Crippen molar-refractivity contribution in [3.63, 3.8) is 0 Å². The molecule has 2 amide bonds. The number of carbonyl (C=O) groups excluding carboxylic acids is 2.